The highest BCUT2D eigenvalue weighted by Crippen LogP contribution is 2.35. The topological polar surface area (TPSA) is 169 Å². The predicted octanol–water partition coefficient (Wildman–Crippen LogP) is 4.25. The van der Waals surface area contributed by atoms with Crippen LogP contribution in [0.15, 0.2) is 59.7 Å². The maximum absolute atomic E-state index is 13.9. The first-order valence-electron chi connectivity index (χ1n) is 12.7. The van der Waals surface area contributed by atoms with Crippen molar-refractivity contribution in [3.63, 3.8) is 0 Å². The standard InChI is InChI=1S/C22H19FN4O5.C7H8BrNO/c1-3-8-32-22(31)13-4-5-14-12(11(13)2)6-7-16(14)26-20(28)18-9-17(21(29)30)25-19-15(23)10-24-27(18)19;8-6-3-5(4-9)1-2-7(6)10/h3-5,9-10,16H,1,6-8H2,2H3,(H,26,28)(H,29,30);1-3,10H,4,9H2/t16-;/m0./s1. The van der Waals surface area contributed by atoms with E-state index in [1.54, 1.807) is 30.3 Å². The quantitative estimate of drug-likeness (QED) is 0.170. The number of benzene rings is 2. The third-order valence-corrected chi connectivity index (χ3v) is 7.31. The second-order valence-electron chi connectivity index (χ2n) is 9.31. The Labute approximate surface area is 248 Å². The van der Waals surface area contributed by atoms with Crippen LogP contribution in [0.4, 0.5) is 4.39 Å². The number of aromatic carboxylic acids is 1. The number of aromatic hydroxyl groups is 1. The Morgan fingerprint density at radius 1 is 1.29 bits per heavy atom. The van der Waals surface area contributed by atoms with Gasteiger partial charge in [-0.15, -0.1) is 0 Å². The van der Waals surface area contributed by atoms with Crippen molar-refractivity contribution >= 4 is 39.4 Å². The van der Waals surface area contributed by atoms with E-state index in [4.69, 9.17) is 15.6 Å². The summed E-state index contributed by atoms with van der Waals surface area (Å²) in [6.45, 7) is 5.96. The van der Waals surface area contributed by atoms with Gasteiger partial charge in [0.25, 0.3) is 5.91 Å². The van der Waals surface area contributed by atoms with Crippen LogP contribution in [0.3, 0.4) is 0 Å². The number of nitrogens with two attached hydrogens (primary N) is 1. The molecule has 2 aromatic carbocycles. The maximum Gasteiger partial charge on any atom is 0.354 e. The van der Waals surface area contributed by atoms with Crippen molar-refractivity contribution < 1.29 is 33.7 Å². The molecule has 0 bridgehead atoms. The molecule has 42 heavy (non-hydrogen) atoms. The second kappa shape index (κ2) is 12.9. The van der Waals surface area contributed by atoms with Crippen molar-refractivity contribution in [2.24, 2.45) is 5.73 Å². The van der Waals surface area contributed by atoms with Gasteiger partial charge in [0.05, 0.1) is 22.3 Å². The molecule has 0 saturated carbocycles. The molecule has 13 heteroatoms. The lowest BCUT2D eigenvalue weighted by molar-refractivity contribution is 0.0548. The van der Waals surface area contributed by atoms with Gasteiger partial charge in [-0.1, -0.05) is 24.8 Å². The molecule has 0 aliphatic heterocycles. The summed E-state index contributed by atoms with van der Waals surface area (Å²) in [5, 5.41) is 25.0. The van der Waals surface area contributed by atoms with E-state index >= 15 is 0 Å². The summed E-state index contributed by atoms with van der Waals surface area (Å²) in [7, 11) is 0. The molecule has 0 unspecified atom stereocenters. The smallest absolute Gasteiger partial charge is 0.354 e. The van der Waals surface area contributed by atoms with Crippen LogP contribution in [-0.4, -0.2) is 49.3 Å². The summed E-state index contributed by atoms with van der Waals surface area (Å²) >= 11 is 3.18. The zero-order chi connectivity index (χ0) is 30.6. The lowest BCUT2D eigenvalue weighted by Crippen LogP contribution is -2.29. The molecule has 2 heterocycles. The van der Waals surface area contributed by atoms with E-state index in [-0.39, 0.29) is 29.7 Å². The van der Waals surface area contributed by atoms with Crippen LogP contribution in [0, 0.1) is 12.7 Å². The lowest BCUT2D eigenvalue weighted by atomic mass is 9.98. The van der Waals surface area contributed by atoms with Crippen molar-refractivity contribution in [1.29, 1.82) is 0 Å². The van der Waals surface area contributed by atoms with Crippen molar-refractivity contribution in [1.82, 2.24) is 19.9 Å². The second-order valence-corrected chi connectivity index (χ2v) is 10.2. The van der Waals surface area contributed by atoms with Gasteiger partial charge in [-0.05, 0) is 76.1 Å². The fourth-order valence-corrected chi connectivity index (χ4v) is 5.01. The van der Waals surface area contributed by atoms with Crippen LogP contribution in [0.5, 0.6) is 5.75 Å². The number of carbonyl (C=O) groups excluding carboxylic acids is 2. The molecule has 5 rings (SSSR count). The third kappa shape index (κ3) is 6.31. The average Bonchev–Trinajstić information content (AvgIpc) is 3.56. The largest absolute Gasteiger partial charge is 0.507 e. The highest BCUT2D eigenvalue weighted by Gasteiger charge is 2.29. The van der Waals surface area contributed by atoms with Gasteiger partial charge in [0, 0.05) is 12.6 Å². The number of nitrogens with zero attached hydrogens (tertiary/aromatic N) is 3. The van der Waals surface area contributed by atoms with Crippen molar-refractivity contribution in [3.05, 3.63) is 105 Å². The number of carboxylic acid groups (broad SMARTS) is 1. The first kappa shape index (κ1) is 30.3. The minimum absolute atomic E-state index is 0.112. The number of halogens is 2. The summed E-state index contributed by atoms with van der Waals surface area (Å²) in [6.07, 6.45) is 3.58. The number of phenolic OH excluding ortho intramolecular Hbond substituents is 1. The van der Waals surface area contributed by atoms with Crippen LogP contribution < -0.4 is 11.1 Å². The van der Waals surface area contributed by atoms with Gasteiger partial charge in [0.15, 0.2) is 17.2 Å². The number of carboxylic acids is 1. The Balaban J connectivity index is 0.000000343. The Morgan fingerprint density at radius 2 is 2.05 bits per heavy atom. The van der Waals surface area contributed by atoms with Gasteiger partial charge in [-0.25, -0.2) is 23.5 Å². The Kier molecular flexibility index (Phi) is 9.33. The minimum atomic E-state index is -1.39. The van der Waals surface area contributed by atoms with Crippen LogP contribution in [-0.2, 0) is 17.7 Å². The number of hydrogen-bond acceptors (Lipinski definition) is 8. The zero-order valence-electron chi connectivity index (χ0n) is 22.4. The molecule has 11 nitrogen and oxygen atoms in total. The van der Waals surface area contributed by atoms with E-state index in [0.29, 0.717) is 29.4 Å². The van der Waals surface area contributed by atoms with E-state index in [2.05, 4.69) is 37.9 Å². The van der Waals surface area contributed by atoms with Crippen LogP contribution in [0.1, 0.15) is 66.1 Å². The van der Waals surface area contributed by atoms with E-state index < -0.39 is 29.4 Å². The molecule has 0 saturated heterocycles. The molecular weight excluding hydrogens is 613 g/mol. The number of amides is 1. The lowest BCUT2D eigenvalue weighted by Gasteiger charge is -2.16. The van der Waals surface area contributed by atoms with E-state index in [9.17, 15) is 23.9 Å². The Bertz CT molecular complexity index is 1710. The molecule has 1 aliphatic rings. The minimum Gasteiger partial charge on any atom is -0.507 e. The van der Waals surface area contributed by atoms with E-state index in [1.165, 1.54) is 6.08 Å². The number of rotatable bonds is 7. The maximum atomic E-state index is 13.9. The molecule has 1 amide bonds. The number of fused-ring (bicyclic) bond motifs is 2. The van der Waals surface area contributed by atoms with Gasteiger partial charge in [0.2, 0.25) is 0 Å². The van der Waals surface area contributed by atoms with Crippen molar-refractivity contribution in [2.75, 3.05) is 6.61 Å². The summed E-state index contributed by atoms with van der Waals surface area (Å²) in [5.74, 6) is -3.04. The Morgan fingerprint density at radius 3 is 2.71 bits per heavy atom. The summed E-state index contributed by atoms with van der Waals surface area (Å²) < 4.78 is 20.7. The number of esters is 1. The first-order chi connectivity index (χ1) is 20.0. The predicted molar refractivity (Wildman–Crippen MR) is 154 cm³/mol. The molecule has 218 valence electrons. The third-order valence-electron chi connectivity index (χ3n) is 6.68. The van der Waals surface area contributed by atoms with Gasteiger partial charge in [0.1, 0.15) is 18.1 Å². The molecule has 5 N–H and O–H groups in total. The molecule has 0 spiro atoms. The number of carbonyl (C=O) groups is 3. The first-order valence-corrected chi connectivity index (χ1v) is 13.5. The molecular formula is C29H27BrFN5O6. The van der Waals surface area contributed by atoms with Gasteiger partial charge < -0.3 is 26.0 Å². The Hall–Kier alpha value is -4.62. The molecule has 4 aromatic rings. The van der Waals surface area contributed by atoms with Gasteiger partial charge in [-0.2, -0.15) is 5.10 Å². The number of ether oxygens (including phenoxy) is 1. The van der Waals surface area contributed by atoms with Crippen molar-refractivity contribution in [2.45, 2.75) is 32.4 Å². The summed E-state index contributed by atoms with van der Waals surface area (Å²) in [4.78, 5) is 40.3. The van der Waals surface area contributed by atoms with Crippen LogP contribution >= 0.6 is 15.9 Å². The normalized spacial score (nSPS) is 13.6. The average molecular weight is 640 g/mol. The summed E-state index contributed by atoms with van der Waals surface area (Å²) in [6, 6.07) is 9.31. The number of phenols is 1. The fraction of sp³-hybridized carbons (Fsp3) is 0.207. The number of hydrogen-bond donors (Lipinski definition) is 4. The van der Waals surface area contributed by atoms with Gasteiger partial charge in [-0.3, -0.25) is 4.79 Å². The highest BCUT2D eigenvalue weighted by molar-refractivity contribution is 9.10. The van der Waals surface area contributed by atoms with Gasteiger partial charge >= 0.3 is 11.9 Å². The molecule has 2 aromatic heterocycles. The molecule has 1 atom stereocenters. The zero-order valence-corrected chi connectivity index (χ0v) is 24.0. The van der Waals surface area contributed by atoms with Crippen LogP contribution in [0.2, 0.25) is 0 Å². The molecule has 0 radical (unpaired) electrons. The SMILES string of the molecule is C=CCOC(=O)c1ccc2c(c1C)CC[C@@H]2NC(=O)c1cc(C(=O)O)nc2c(F)cnn12.NCc1ccc(O)c(Br)c1. The molecule has 0 fully saturated rings. The van der Waals surface area contributed by atoms with E-state index in [0.717, 1.165) is 39.0 Å². The number of aromatic nitrogens is 3. The van der Waals surface area contributed by atoms with Crippen molar-refractivity contribution in [3.8, 4) is 5.75 Å². The highest BCUT2D eigenvalue weighted by atomic mass is 79.9. The fourth-order valence-electron chi connectivity index (χ4n) is 4.58. The van der Waals surface area contributed by atoms with Crippen LogP contribution in [0.25, 0.3) is 5.65 Å². The number of nitrogens with one attached hydrogen (secondary N) is 1. The monoisotopic (exact) mass is 639 g/mol. The summed E-state index contributed by atoms with van der Waals surface area (Å²) in [5.41, 5.74) is 8.44. The molecule has 1 aliphatic carbocycles. The van der Waals surface area contributed by atoms with E-state index in [1.807, 2.05) is 6.92 Å².